The molecule has 96 valence electrons. The van der Waals surface area contributed by atoms with Gasteiger partial charge in [0.05, 0.1) is 19.4 Å². The molecule has 2 aromatic rings. The zero-order chi connectivity index (χ0) is 13.1. The molecule has 0 aromatic carbocycles. The number of hydrogen-bond donors (Lipinski definition) is 2. The maximum atomic E-state index is 11.5. The minimum atomic E-state index is -0.396. The van der Waals surface area contributed by atoms with Crippen LogP contribution in [0.1, 0.15) is 13.3 Å². The molecule has 0 aliphatic carbocycles. The van der Waals surface area contributed by atoms with Gasteiger partial charge in [-0.15, -0.1) is 0 Å². The summed E-state index contributed by atoms with van der Waals surface area (Å²) in [5.41, 5.74) is 5.62. The van der Waals surface area contributed by atoms with Crippen LogP contribution in [0.4, 0.5) is 5.95 Å². The molecule has 0 spiro atoms. The summed E-state index contributed by atoms with van der Waals surface area (Å²) >= 11 is 0. The summed E-state index contributed by atoms with van der Waals surface area (Å²) in [6.45, 7) is 2.42. The van der Waals surface area contributed by atoms with E-state index in [1.165, 1.54) is 6.33 Å². The number of fused-ring (bicyclic) bond motifs is 1. The van der Waals surface area contributed by atoms with Gasteiger partial charge in [0.1, 0.15) is 0 Å². The second-order valence-corrected chi connectivity index (χ2v) is 3.62. The zero-order valence-electron chi connectivity index (χ0n) is 9.84. The Hall–Kier alpha value is -2.38. The first-order chi connectivity index (χ1) is 8.61. The van der Waals surface area contributed by atoms with Gasteiger partial charge < -0.3 is 15.0 Å². The maximum Gasteiger partial charge on any atom is 0.307 e. The van der Waals surface area contributed by atoms with E-state index < -0.39 is 5.56 Å². The Morgan fingerprint density at radius 3 is 3.11 bits per heavy atom. The number of aromatic amines is 1. The maximum absolute atomic E-state index is 11.5. The van der Waals surface area contributed by atoms with Crippen molar-refractivity contribution >= 4 is 23.1 Å². The van der Waals surface area contributed by atoms with Crippen LogP contribution < -0.4 is 11.3 Å². The fourth-order valence-electron chi connectivity index (χ4n) is 1.58. The lowest BCUT2D eigenvalue weighted by atomic mass is 10.4. The summed E-state index contributed by atoms with van der Waals surface area (Å²) < 4.78 is 6.41. The molecule has 0 bridgehead atoms. The summed E-state index contributed by atoms with van der Waals surface area (Å²) in [6.07, 6.45) is 1.64. The number of carbonyl (C=O) groups is 1. The van der Waals surface area contributed by atoms with Crippen LogP contribution in [0, 0.1) is 0 Å². The van der Waals surface area contributed by atoms with E-state index in [4.69, 9.17) is 10.5 Å². The van der Waals surface area contributed by atoms with Crippen LogP contribution in [0.3, 0.4) is 0 Å². The van der Waals surface area contributed by atoms with Crippen LogP contribution in [0.15, 0.2) is 11.1 Å². The Kier molecular flexibility index (Phi) is 3.26. The van der Waals surface area contributed by atoms with Crippen molar-refractivity contribution in [1.29, 1.82) is 0 Å². The van der Waals surface area contributed by atoms with Gasteiger partial charge in [-0.05, 0) is 6.92 Å². The van der Waals surface area contributed by atoms with Crippen LogP contribution in [-0.2, 0) is 16.1 Å². The standard InChI is InChI=1S/C10H13N5O3/c1-2-18-6(16)3-4-15-5-12-7-8(15)13-10(11)14-9(7)17/h5H,2-4H2,1H3,(H3,11,13,14,17). The number of esters is 1. The number of rotatable bonds is 4. The lowest BCUT2D eigenvalue weighted by molar-refractivity contribution is -0.143. The molecular formula is C10H13N5O3. The Balaban J connectivity index is 2.24. The molecular weight excluding hydrogens is 238 g/mol. The van der Waals surface area contributed by atoms with Crippen molar-refractivity contribution in [1.82, 2.24) is 19.5 Å². The largest absolute Gasteiger partial charge is 0.466 e. The van der Waals surface area contributed by atoms with Crippen LogP contribution in [0.25, 0.3) is 11.2 Å². The van der Waals surface area contributed by atoms with Gasteiger partial charge in [0.15, 0.2) is 11.2 Å². The second kappa shape index (κ2) is 4.86. The highest BCUT2D eigenvalue weighted by atomic mass is 16.5. The first kappa shape index (κ1) is 12.1. The number of H-pyrrole nitrogens is 1. The van der Waals surface area contributed by atoms with E-state index in [0.29, 0.717) is 18.8 Å². The minimum Gasteiger partial charge on any atom is -0.466 e. The van der Waals surface area contributed by atoms with Gasteiger partial charge in [-0.2, -0.15) is 4.98 Å². The Morgan fingerprint density at radius 1 is 1.61 bits per heavy atom. The fraction of sp³-hybridized carbons (Fsp3) is 0.400. The van der Waals surface area contributed by atoms with Crippen molar-refractivity contribution in [2.24, 2.45) is 0 Å². The number of ether oxygens (including phenoxy) is 1. The van der Waals surface area contributed by atoms with Crippen LogP contribution in [0.5, 0.6) is 0 Å². The normalized spacial score (nSPS) is 10.7. The highest BCUT2D eigenvalue weighted by Gasteiger charge is 2.10. The van der Waals surface area contributed by atoms with E-state index in [1.54, 1.807) is 11.5 Å². The number of aryl methyl sites for hydroxylation is 1. The molecule has 18 heavy (non-hydrogen) atoms. The number of imidazole rings is 1. The summed E-state index contributed by atoms with van der Waals surface area (Å²) in [5, 5.41) is 0. The van der Waals surface area contributed by atoms with Crippen LogP contribution >= 0.6 is 0 Å². The van der Waals surface area contributed by atoms with E-state index in [2.05, 4.69) is 15.0 Å². The average molecular weight is 251 g/mol. The quantitative estimate of drug-likeness (QED) is 0.718. The number of aromatic nitrogens is 4. The number of nitrogens with zero attached hydrogens (tertiary/aromatic N) is 3. The van der Waals surface area contributed by atoms with Gasteiger partial charge in [-0.25, -0.2) is 4.98 Å². The summed E-state index contributed by atoms with van der Waals surface area (Å²) in [5.74, 6) is -0.289. The molecule has 0 fully saturated rings. The van der Waals surface area contributed by atoms with Gasteiger partial charge in [0, 0.05) is 6.54 Å². The van der Waals surface area contributed by atoms with Crippen molar-refractivity contribution in [2.45, 2.75) is 19.9 Å². The van der Waals surface area contributed by atoms with Gasteiger partial charge >= 0.3 is 5.97 Å². The van der Waals surface area contributed by atoms with E-state index in [1.807, 2.05) is 0 Å². The predicted octanol–water partition coefficient (Wildman–Crippen LogP) is -0.345. The predicted molar refractivity (Wildman–Crippen MR) is 63.8 cm³/mol. The molecule has 0 saturated carbocycles. The Morgan fingerprint density at radius 2 is 2.39 bits per heavy atom. The number of nitrogens with one attached hydrogen (secondary N) is 1. The highest BCUT2D eigenvalue weighted by molar-refractivity contribution is 5.72. The van der Waals surface area contributed by atoms with E-state index in [0.717, 1.165) is 0 Å². The molecule has 8 heteroatoms. The molecule has 0 aliphatic rings. The van der Waals surface area contributed by atoms with Crippen molar-refractivity contribution in [2.75, 3.05) is 12.3 Å². The molecule has 0 saturated heterocycles. The Labute approximate surface area is 102 Å². The number of nitrogens with two attached hydrogens (primary N) is 1. The summed E-state index contributed by atoms with van der Waals surface area (Å²) in [4.78, 5) is 33.0. The number of carbonyl (C=O) groups excluding carboxylic acids is 1. The summed E-state index contributed by atoms with van der Waals surface area (Å²) in [6, 6.07) is 0. The molecule has 2 heterocycles. The first-order valence-electron chi connectivity index (χ1n) is 5.48. The molecule has 0 atom stereocenters. The topological polar surface area (TPSA) is 116 Å². The van der Waals surface area contributed by atoms with Gasteiger partial charge in [0.2, 0.25) is 5.95 Å². The van der Waals surface area contributed by atoms with Gasteiger partial charge in [0.25, 0.3) is 5.56 Å². The third kappa shape index (κ3) is 2.31. The van der Waals surface area contributed by atoms with E-state index in [-0.39, 0.29) is 23.9 Å². The third-order valence-electron chi connectivity index (χ3n) is 2.36. The molecule has 8 nitrogen and oxygen atoms in total. The minimum absolute atomic E-state index is 0.0189. The lowest BCUT2D eigenvalue weighted by Crippen LogP contribution is -2.13. The number of nitrogen functional groups attached to an aromatic ring is 1. The first-order valence-corrected chi connectivity index (χ1v) is 5.48. The van der Waals surface area contributed by atoms with Crippen LogP contribution in [0.2, 0.25) is 0 Å². The molecule has 2 aromatic heterocycles. The monoisotopic (exact) mass is 251 g/mol. The average Bonchev–Trinajstić information content (AvgIpc) is 2.70. The highest BCUT2D eigenvalue weighted by Crippen LogP contribution is 2.07. The van der Waals surface area contributed by atoms with E-state index >= 15 is 0 Å². The van der Waals surface area contributed by atoms with Crippen molar-refractivity contribution in [3.8, 4) is 0 Å². The van der Waals surface area contributed by atoms with Crippen molar-refractivity contribution in [3.63, 3.8) is 0 Å². The molecule has 2 rings (SSSR count). The van der Waals surface area contributed by atoms with Crippen LogP contribution in [-0.4, -0.2) is 32.1 Å². The second-order valence-electron chi connectivity index (χ2n) is 3.62. The zero-order valence-corrected chi connectivity index (χ0v) is 9.84. The van der Waals surface area contributed by atoms with E-state index in [9.17, 15) is 9.59 Å². The molecule has 3 N–H and O–H groups in total. The number of anilines is 1. The van der Waals surface area contributed by atoms with Gasteiger partial charge in [-0.1, -0.05) is 0 Å². The number of hydrogen-bond acceptors (Lipinski definition) is 6. The smallest absolute Gasteiger partial charge is 0.307 e. The molecule has 0 unspecified atom stereocenters. The lowest BCUT2D eigenvalue weighted by Gasteiger charge is -2.03. The fourth-order valence-corrected chi connectivity index (χ4v) is 1.58. The molecule has 0 amide bonds. The molecule has 0 aliphatic heterocycles. The van der Waals surface area contributed by atoms with Crippen molar-refractivity contribution < 1.29 is 9.53 Å². The summed E-state index contributed by atoms with van der Waals surface area (Å²) in [7, 11) is 0. The third-order valence-corrected chi connectivity index (χ3v) is 2.36. The van der Waals surface area contributed by atoms with Crippen molar-refractivity contribution in [3.05, 3.63) is 16.7 Å². The SMILES string of the molecule is CCOC(=O)CCn1cnc2c(=O)[nH]c(N)nc21. The Bertz CT molecular complexity index is 630. The van der Waals surface area contributed by atoms with Gasteiger partial charge in [-0.3, -0.25) is 14.6 Å². The molecule has 0 radical (unpaired) electrons.